The number of benzene rings is 1. The van der Waals surface area contributed by atoms with E-state index in [9.17, 15) is 4.79 Å². The molecule has 0 aliphatic carbocycles. The highest BCUT2D eigenvalue weighted by Gasteiger charge is 2.02. The average molecular weight is 543 g/mol. The van der Waals surface area contributed by atoms with E-state index in [0.29, 0.717) is 98.9 Å². The van der Waals surface area contributed by atoms with Crippen LogP contribution < -0.4 is 4.74 Å². The highest BCUT2D eigenvalue weighted by molar-refractivity contribution is 5.69. The minimum absolute atomic E-state index is 0.139. The zero-order chi connectivity index (χ0) is 27.2. The number of carbonyl (C=O) groups is 1. The summed E-state index contributed by atoms with van der Waals surface area (Å²) in [5.74, 6) is 0.706. The van der Waals surface area contributed by atoms with E-state index in [2.05, 4.69) is 6.92 Å². The second-order valence-corrected chi connectivity index (χ2v) is 8.57. The summed E-state index contributed by atoms with van der Waals surface area (Å²) in [6, 6.07) is 9.67. The molecule has 0 bridgehead atoms. The number of esters is 1. The van der Waals surface area contributed by atoms with Gasteiger partial charge >= 0.3 is 5.97 Å². The van der Waals surface area contributed by atoms with Gasteiger partial charge in [0.1, 0.15) is 19.0 Å². The van der Waals surface area contributed by atoms with Crippen molar-refractivity contribution in [2.75, 3.05) is 92.5 Å². The topological polar surface area (TPSA) is 90.9 Å². The first-order valence-corrected chi connectivity index (χ1v) is 14.1. The zero-order valence-electron chi connectivity index (χ0n) is 23.4. The van der Waals surface area contributed by atoms with Crippen molar-refractivity contribution in [2.45, 2.75) is 51.9 Å². The van der Waals surface area contributed by atoms with E-state index < -0.39 is 0 Å². The van der Waals surface area contributed by atoms with Crippen molar-refractivity contribution in [3.8, 4) is 5.75 Å². The van der Waals surface area contributed by atoms with Crippen LogP contribution in [0.2, 0.25) is 0 Å². The van der Waals surface area contributed by atoms with Crippen molar-refractivity contribution >= 4 is 5.97 Å². The summed E-state index contributed by atoms with van der Waals surface area (Å²) >= 11 is 0. The van der Waals surface area contributed by atoms with Gasteiger partial charge in [0.05, 0.1) is 79.3 Å². The number of ether oxygens (including phenoxy) is 8. The monoisotopic (exact) mass is 542 g/mol. The molecule has 0 radical (unpaired) electrons. The molecule has 0 aliphatic rings. The third kappa shape index (κ3) is 24.6. The third-order valence-electron chi connectivity index (χ3n) is 5.32. The molecule has 0 unspecified atom stereocenters. The Morgan fingerprint density at radius 3 is 1.45 bits per heavy atom. The molecule has 9 nitrogen and oxygen atoms in total. The lowest BCUT2D eigenvalue weighted by Gasteiger charge is -2.09. The third-order valence-corrected chi connectivity index (χ3v) is 5.32. The van der Waals surface area contributed by atoms with Crippen molar-refractivity contribution in [3.05, 3.63) is 30.3 Å². The van der Waals surface area contributed by atoms with Crippen molar-refractivity contribution in [2.24, 2.45) is 0 Å². The molecule has 0 saturated heterocycles. The summed E-state index contributed by atoms with van der Waals surface area (Å²) in [4.78, 5) is 11.6. The highest BCUT2D eigenvalue weighted by atomic mass is 16.6. The fraction of sp³-hybridized carbons (Fsp3) is 0.759. The molecule has 0 aromatic heterocycles. The number of para-hydroxylation sites is 1. The van der Waals surface area contributed by atoms with E-state index in [4.69, 9.17) is 37.9 Å². The molecule has 0 N–H and O–H groups in total. The lowest BCUT2D eigenvalue weighted by molar-refractivity contribution is -0.145. The summed E-state index contributed by atoms with van der Waals surface area (Å²) < 4.78 is 43.4. The molecule has 0 fully saturated rings. The van der Waals surface area contributed by atoms with Gasteiger partial charge < -0.3 is 37.9 Å². The first kappa shape index (κ1) is 34.3. The van der Waals surface area contributed by atoms with E-state index in [0.717, 1.165) is 18.6 Å². The van der Waals surface area contributed by atoms with Crippen molar-refractivity contribution in [3.63, 3.8) is 0 Å². The molecule has 0 saturated carbocycles. The maximum atomic E-state index is 11.6. The molecule has 0 aliphatic heterocycles. The Kier molecular flexibility index (Phi) is 25.5. The van der Waals surface area contributed by atoms with Crippen LogP contribution in [0, 0.1) is 0 Å². The minimum Gasteiger partial charge on any atom is -0.491 e. The number of unbranched alkanes of at least 4 members (excludes halogenated alkanes) is 5. The van der Waals surface area contributed by atoms with Crippen LogP contribution in [0.15, 0.2) is 30.3 Å². The molecule has 1 aromatic carbocycles. The summed E-state index contributed by atoms with van der Waals surface area (Å²) in [5.41, 5.74) is 0. The maximum Gasteiger partial charge on any atom is 0.305 e. The van der Waals surface area contributed by atoms with Crippen LogP contribution in [-0.2, 0) is 38.0 Å². The predicted octanol–water partition coefficient (Wildman–Crippen LogP) is 4.46. The van der Waals surface area contributed by atoms with Crippen LogP contribution in [-0.4, -0.2) is 98.5 Å². The van der Waals surface area contributed by atoms with Gasteiger partial charge in [0.25, 0.3) is 0 Å². The number of carbonyl (C=O) groups excluding carboxylic acids is 1. The predicted molar refractivity (Wildman–Crippen MR) is 146 cm³/mol. The first-order valence-electron chi connectivity index (χ1n) is 14.1. The van der Waals surface area contributed by atoms with E-state index in [-0.39, 0.29) is 5.97 Å². The fourth-order valence-corrected chi connectivity index (χ4v) is 3.27. The lowest BCUT2D eigenvalue weighted by atomic mass is 10.1. The Bertz CT molecular complexity index is 615. The summed E-state index contributed by atoms with van der Waals surface area (Å²) in [6.45, 7) is 8.97. The number of hydrogen-bond donors (Lipinski definition) is 0. The Morgan fingerprint density at radius 2 is 0.947 bits per heavy atom. The van der Waals surface area contributed by atoms with Gasteiger partial charge in [-0.3, -0.25) is 4.79 Å². The summed E-state index contributed by atoms with van der Waals surface area (Å²) in [6.07, 6.45) is 7.46. The number of hydrogen-bond acceptors (Lipinski definition) is 9. The first-order chi connectivity index (χ1) is 18.8. The molecular formula is C29H50O9. The minimum atomic E-state index is -0.139. The molecule has 38 heavy (non-hydrogen) atoms. The largest absolute Gasteiger partial charge is 0.491 e. The van der Waals surface area contributed by atoms with E-state index in [1.54, 1.807) is 0 Å². The van der Waals surface area contributed by atoms with Gasteiger partial charge in [-0.15, -0.1) is 0 Å². The van der Waals surface area contributed by atoms with Crippen LogP contribution in [0.25, 0.3) is 0 Å². The van der Waals surface area contributed by atoms with Crippen LogP contribution >= 0.6 is 0 Å². The van der Waals surface area contributed by atoms with Gasteiger partial charge in [0, 0.05) is 6.42 Å². The Labute approximate surface area is 229 Å². The van der Waals surface area contributed by atoms with Gasteiger partial charge in [-0.05, 0) is 18.6 Å². The lowest BCUT2D eigenvalue weighted by Crippen LogP contribution is -2.15. The van der Waals surface area contributed by atoms with E-state index in [1.165, 1.54) is 25.7 Å². The van der Waals surface area contributed by atoms with Crippen LogP contribution in [0.1, 0.15) is 51.9 Å². The standard InChI is InChI=1S/C29H50O9/c1-2-3-4-5-6-10-13-29(30)38-27-25-36-23-21-34-19-17-32-15-14-31-16-18-33-20-22-35-24-26-37-28-11-8-7-9-12-28/h7-9,11-12H,2-6,10,13-27H2,1H3. The summed E-state index contributed by atoms with van der Waals surface area (Å²) in [7, 11) is 0. The van der Waals surface area contributed by atoms with Gasteiger partial charge in [-0.1, -0.05) is 57.2 Å². The van der Waals surface area contributed by atoms with Crippen LogP contribution in [0.5, 0.6) is 5.75 Å². The van der Waals surface area contributed by atoms with Crippen molar-refractivity contribution < 1.29 is 42.7 Å². The van der Waals surface area contributed by atoms with Crippen LogP contribution in [0.3, 0.4) is 0 Å². The zero-order valence-corrected chi connectivity index (χ0v) is 23.4. The Morgan fingerprint density at radius 1 is 0.526 bits per heavy atom. The molecule has 0 amide bonds. The fourth-order valence-electron chi connectivity index (χ4n) is 3.27. The molecule has 1 aromatic rings. The quantitative estimate of drug-likeness (QED) is 0.107. The second kappa shape index (κ2) is 28.3. The Balaban J connectivity index is 1.67. The van der Waals surface area contributed by atoms with Gasteiger partial charge in [0.2, 0.25) is 0 Å². The molecular weight excluding hydrogens is 492 g/mol. The number of rotatable bonds is 29. The normalized spacial score (nSPS) is 11.1. The van der Waals surface area contributed by atoms with Crippen LogP contribution in [0.4, 0.5) is 0 Å². The van der Waals surface area contributed by atoms with E-state index in [1.807, 2.05) is 30.3 Å². The SMILES string of the molecule is CCCCCCCCC(=O)OCCOCCOCCOCCOCCOCCOCCOc1ccccc1. The van der Waals surface area contributed by atoms with E-state index >= 15 is 0 Å². The second-order valence-electron chi connectivity index (χ2n) is 8.57. The Hall–Kier alpha value is -1.75. The van der Waals surface area contributed by atoms with Crippen molar-refractivity contribution in [1.29, 1.82) is 0 Å². The highest BCUT2D eigenvalue weighted by Crippen LogP contribution is 2.08. The molecule has 0 heterocycles. The van der Waals surface area contributed by atoms with Gasteiger partial charge in [-0.25, -0.2) is 0 Å². The summed E-state index contributed by atoms with van der Waals surface area (Å²) in [5, 5.41) is 0. The van der Waals surface area contributed by atoms with Gasteiger partial charge in [0.15, 0.2) is 0 Å². The average Bonchev–Trinajstić information content (AvgIpc) is 2.94. The maximum absolute atomic E-state index is 11.6. The molecule has 9 heteroatoms. The van der Waals surface area contributed by atoms with Crippen molar-refractivity contribution in [1.82, 2.24) is 0 Å². The molecule has 0 spiro atoms. The molecule has 220 valence electrons. The molecule has 0 atom stereocenters. The molecule has 1 rings (SSSR count). The van der Waals surface area contributed by atoms with Gasteiger partial charge in [-0.2, -0.15) is 0 Å². The smallest absolute Gasteiger partial charge is 0.305 e.